The number of ether oxygens (including phenoxy) is 2. The minimum absolute atomic E-state index is 0.0981. The second-order valence-corrected chi connectivity index (χ2v) is 10.8. The van der Waals surface area contributed by atoms with Crippen molar-refractivity contribution in [2.75, 3.05) is 19.7 Å². The number of nitrogens with zero attached hydrogens (tertiary/aromatic N) is 1. The molecule has 172 valence electrons. The van der Waals surface area contributed by atoms with Gasteiger partial charge in [0.15, 0.2) is 0 Å². The Labute approximate surface area is 184 Å². The summed E-state index contributed by atoms with van der Waals surface area (Å²) in [6.45, 7) is 8.48. The van der Waals surface area contributed by atoms with Crippen LogP contribution in [0, 0.1) is 5.92 Å². The van der Waals surface area contributed by atoms with Gasteiger partial charge in [-0.25, -0.2) is 17.9 Å². The number of hydrogen-bond acceptors (Lipinski definition) is 6. The minimum atomic E-state index is -3.66. The van der Waals surface area contributed by atoms with Crippen LogP contribution in [0.5, 0.6) is 0 Å². The fraction of sp³-hybridized carbons (Fsp3) is 0.636. The highest BCUT2D eigenvalue weighted by molar-refractivity contribution is 7.89. The maximum atomic E-state index is 12.8. The Balaban J connectivity index is 1.52. The van der Waals surface area contributed by atoms with E-state index in [-0.39, 0.29) is 34.8 Å². The molecule has 0 radical (unpaired) electrons. The molecule has 3 rings (SSSR count). The van der Waals surface area contributed by atoms with E-state index in [0.29, 0.717) is 32.5 Å². The van der Waals surface area contributed by atoms with Crippen molar-refractivity contribution in [2.24, 2.45) is 5.92 Å². The van der Waals surface area contributed by atoms with Gasteiger partial charge in [0.25, 0.3) is 0 Å². The number of rotatable bonds is 6. The van der Waals surface area contributed by atoms with Crippen molar-refractivity contribution >= 4 is 22.1 Å². The Kier molecular flexibility index (Phi) is 6.95. The number of benzene rings is 1. The number of likely N-dealkylation sites (tertiary alicyclic amines) is 1. The predicted octanol–water partition coefficient (Wildman–Crippen LogP) is 3.03. The van der Waals surface area contributed by atoms with Crippen LogP contribution in [0.1, 0.15) is 58.4 Å². The lowest BCUT2D eigenvalue weighted by Gasteiger charge is -2.33. The lowest BCUT2D eigenvalue weighted by molar-refractivity contribution is -0.144. The van der Waals surface area contributed by atoms with Crippen LogP contribution in [-0.4, -0.2) is 56.7 Å². The summed E-state index contributed by atoms with van der Waals surface area (Å²) in [7, 11) is -3.66. The molecule has 8 nitrogen and oxygen atoms in total. The van der Waals surface area contributed by atoms with E-state index >= 15 is 0 Å². The van der Waals surface area contributed by atoms with Crippen molar-refractivity contribution in [1.82, 2.24) is 9.62 Å². The maximum absolute atomic E-state index is 12.8. The first-order chi connectivity index (χ1) is 14.5. The first-order valence-corrected chi connectivity index (χ1v) is 12.3. The lowest BCUT2D eigenvalue weighted by Crippen LogP contribution is -2.47. The van der Waals surface area contributed by atoms with Gasteiger partial charge in [0.2, 0.25) is 10.0 Å². The van der Waals surface area contributed by atoms with Crippen molar-refractivity contribution in [3.05, 3.63) is 29.8 Å². The third kappa shape index (κ3) is 6.20. The number of carbonyl (C=O) groups excluding carboxylic acids is 2. The molecule has 1 aliphatic heterocycles. The first-order valence-electron chi connectivity index (χ1n) is 10.8. The first kappa shape index (κ1) is 23.5. The molecule has 2 atom stereocenters. The average Bonchev–Trinajstić information content (AvgIpc) is 3.48. The van der Waals surface area contributed by atoms with E-state index in [2.05, 4.69) is 4.72 Å². The summed E-state index contributed by atoms with van der Waals surface area (Å²) in [4.78, 5) is 25.8. The molecule has 2 fully saturated rings. The molecule has 0 bridgehead atoms. The van der Waals surface area contributed by atoms with Gasteiger partial charge in [0, 0.05) is 19.1 Å². The van der Waals surface area contributed by atoms with E-state index in [0.717, 1.165) is 12.0 Å². The molecule has 1 saturated heterocycles. The van der Waals surface area contributed by atoms with Crippen molar-refractivity contribution in [2.45, 2.75) is 69.4 Å². The van der Waals surface area contributed by atoms with Crippen LogP contribution in [0.25, 0.3) is 0 Å². The molecule has 2 unspecified atom stereocenters. The Morgan fingerprint density at radius 2 is 1.74 bits per heavy atom. The topological polar surface area (TPSA) is 102 Å². The molecule has 0 spiro atoms. The van der Waals surface area contributed by atoms with E-state index < -0.39 is 15.6 Å². The predicted molar refractivity (Wildman–Crippen MR) is 115 cm³/mol. The van der Waals surface area contributed by atoms with Gasteiger partial charge >= 0.3 is 12.1 Å². The normalized spacial score (nSPS) is 22.1. The van der Waals surface area contributed by atoms with E-state index in [1.54, 1.807) is 36.1 Å². The molecule has 9 heteroatoms. The van der Waals surface area contributed by atoms with E-state index in [1.807, 2.05) is 20.8 Å². The number of sulfonamides is 1. The van der Waals surface area contributed by atoms with Crippen LogP contribution in [0.2, 0.25) is 0 Å². The maximum Gasteiger partial charge on any atom is 0.410 e. The van der Waals surface area contributed by atoms with Crippen LogP contribution in [0.3, 0.4) is 0 Å². The lowest BCUT2D eigenvalue weighted by atomic mass is 10.1. The highest BCUT2D eigenvalue weighted by Crippen LogP contribution is 2.48. The second kappa shape index (κ2) is 9.16. The molecule has 1 amide bonds. The van der Waals surface area contributed by atoms with Gasteiger partial charge in [-0.2, -0.15) is 0 Å². The largest absolute Gasteiger partial charge is 0.466 e. The molecule has 1 N–H and O–H groups in total. The van der Waals surface area contributed by atoms with Crippen LogP contribution in [-0.2, 0) is 24.3 Å². The summed E-state index contributed by atoms with van der Waals surface area (Å²) >= 11 is 0. The fourth-order valence-corrected chi connectivity index (χ4v) is 5.07. The van der Waals surface area contributed by atoms with Gasteiger partial charge in [0.1, 0.15) is 5.60 Å². The number of hydrogen-bond donors (Lipinski definition) is 1. The zero-order valence-corrected chi connectivity index (χ0v) is 19.4. The number of piperidine rings is 1. The van der Waals surface area contributed by atoms with Crippen LogP contribution in [0.4, 0.5) is 4.79 Å². The fourth-order valence-electron chi connectivity index (χ4n) is 3.76. The summed E-state index contributed by atoms with van der Waals surface area (Å²) in [6, 6.07) is 6.45. The molecule has 1 aromatic carbocycles. The van der Waals surface area contributed by atoms with E-state index in [1.165, 1.54) is 0 Å². The molecular formula is C22H32N2O6S. The van der Waals surface area contributed by atoms with Gasteiger partial charge in [-0.15, -0.1) is 0 Å². The molecule has 31 heavy (non-hydrogen) atoms. The van der Waals surface area contributed by atoms with Crippen molar-refractivity contribution < 1.29 is 27.5 Å². The SMILES string of the molecule is CCOC(=O)C1CC1c1ccc(S(=O)(=O)NC2CCN(C(=O)OC(C)(C)C)CC2)cc1. The third-order valence-electron chi connectivity index (χ3n) is 5.47. The highest BCUT2D eigenvalue weighted by atomic mass is 32.2. The number of carbonyl (C=O) groups is 2. The number of nitrogens with one attached hydrogen (secondary N) is 1. The molecular weight excluding hydrogens is 420 g/mol. The Morgan fingerprint density at radius 3 is 2.29 bits per heavy atom. The second-order valence-electron chi connectivity index (χ2n) is 9.13. The van der Waals surface area contributed by atoms with Crippen molar-refractivity contribution in [3.63, 3.8) is 0 Å². The monoisotopic (exact) mass is 452 g/mol. The zero-order chi connectivity index (χ0) is 22.8. The van der Waals surface area contributed by atoms with E-state index in [4.69, 9.17) is 9.47 Å². The molecule has 0 aromatic heterocycles. The molecule has 1 saturated carbocycles. The summed E-state index contributed by atoms with van der Waals surface area (Å²) in [5.74, 6) is -0.222. The van der Waals surface area contributed by atoms with Crippen molar-refractivity contribution in [1.29, 1.82) is 0 Å². The van der Waals surface area contributed by atoms with Gasteiger partial charge in [-0.05, 0) is 70.6 Å². The van der Waals surface area contributed by atoms with Crippen molar-refractivity contribution in [3.8, 4) is 0 Å². The van der Waals surface area contributed by atoms with Crippen LogP contribution in [0.15, 0.2) is 29.2 Å². The quantitative estimate of drug-likeness (QED) is 0.666. The Hall–Kier alpha value is -2.13. The summed E-state index contributed by atoms with van der Waals surface area (Å²) in [5, 5.41) is 0. The average molecular weight is 453 g/mol. The smallest absolute Gasteiger partial charge is 0.410 e. The molecule has 1 aromatic rings. The number of esters is 1. The summed E-state index contributed by atoms with van der Waals surface area (Å²) < 4.78 is 38.7. The van der Waals surface area contributed by atoms with Gasteiger partial charge in [-0.3, -0.25) is 4.79 Å². The van der Waals surface area contributed by atoms with Gasteiger partial charge in [-0.1, -0.05) is 12.1 Å². The van der Waals surface area contributed by atoms with Crippen LogP contribution >= 0.6 is 0 Å². The standard InChI is InChI=1S/C22H32N2O6S/c1-5-29-20(25)19-14-18(19)15-6-8-17(9-7-15)31(27,28)23-16-10-12-24(13-11-16)21(26)30-22(2,3)4/h6-9,16,18-19,23H,5,10-14H2,1-4H3. The molecule has 1 aliphatic carbocycles. The third-order valence-corrected chi connectivity index (χ3v) is 7.00. The van der Waals surface area contributed by atoms with E-state index in [9.17, 15) is 18.0 Å². The summed E-state index contributed by atoms with van der Waals surface area (Å²) in [5.41, 5.74) is 0.390. The number of amides is 1. The molecule has 2 aliphatic rings. The Morgan fingerprint density at radius 1 is 1.13 bits per heavy atom. The Bertz CT molecular complexity index is 899. The summed E-state index contributed by atoms with van der Waals surface area (Å²) in [6.07, 6.45) is 1.42. The molecule has 1 heterocycles. The zero-order valence-electron chi connectivity index (χ0n) is 18.6. The highest BCUT2D eigenvalue weighted by Gasteiger charge is 2.45. The van der Waals surface area contributed by atoms with Gasteiger partial charge < -0.3 is 14.4 Å². The minimum Gasteiger partial charge on any atom is -0.466 e. The van der Waals surface area contributed by atoms with Crippen LogP contribution < -0.4 is 4.72 Å². The van der Waals surface area contributed by atoms with Gasteiger partial charge in [0.05, 0.1) is 17.4 Å².